The molecule has 6 nitrogen and oxygen atoms in total. The van der Waals surface area contributed by atoms with Crippen LogP contribution < -0.4 is 10.6 Å². The van der Waals surface area contributed by atoms with Crippen molar-refractivity contribution in [3.8, 4) is 0 Å². The molecule has 2 aliphatic rings. The van der Waals surface area contributed by atoms with Gasteiger partial charge in [0.05, 0.1) is 25.9 Å². The fourth-order valence-corrected chi connectivity index (χ4v) is 3.51. The molecule has 0 aromatic rings. The van der Waals surface area contributed by atoms with Crippen molar-refractivity contribution in [3.63, 3.8) is 0 Å². The smallest absolute Gasteiger partial charge is 0.191 e. The minimum absolute atomic E-state index is 0.0902. The minimum Gasteiger partial charge on any atom is -0.392 e. The molecule has 0 aromatic heterocycles. The van der Waals surface area contributed by atoms with Crippen molar-refractivity contribution in [1.82, 2.24) is 10.6 Å². The van der Waals surface area contributed by atoms with Gasteiger partial charge in [-0.3, -0.25) is 4.99 Å². The van der Waals surface area contributed by atoms with Gasteiger partial charge in [0.2, 0.25) is 0 Å². The number of aliphatic hydroxyl groups excluding tert-OH is 1. The fourth-order valence-electron chi connectivity index (χ4n) is 3.51. The number of aliphatic hydroxyl groups is 1. The van der Waals surface area contributed by atoms with Crippen LogP contribution in [0.3, 0.4) is 0 Å². The lowest BCUT2D eigenvalue weighted by Gasteiger charge is -2.37. The number of aliphatic imine (C=N–C) groups is 1. The summed E-state index contributed by atoms with van der Waals surface area (Å²) in [6.07, 6.45) is 6.12. The van der Waals surface area contributed by atoms with Crippen molar-refractivity contribution in [1.29, 1.82) is 0 Å². The van der Waals surface area contributed by atoms with E-state index in [-0.39, 0.29) is 11.5 Å². The predicted molar refractivity (Wildman–Crippen MR) is 101 cm³/mol. The van der Waals surface area contributed by atoms with Crippen LogP contribution in [0.2, 0.25) is 0 Å². The monoisotopic (exact) mass is 355 g/mol. The third kappa shape index (κ3) is 7.12. The Balaban J connectivity index is 1.64. The first-order valence-electron chi connectivity index (χ1n) is 10.00. The summed E-state index contributed by atoms with van der Waals surface area (Å²) < 4.78 is 11.1. The Labute approximate surface area is 152 Å². The van der Waals surface area contributed by atoms with E-state index in [9.17, 15) is 5.11 Å². The Bertz CT molecular complexity index is 399. The van der Waals surface area contributed by atoms with E-state index in [4.69, 9.17) is 14.5 Å². The molecule has 25 heavy (non-hydrogen) atoms. The van der Waals surface area contributed by atoms with Crippen molar-refractivity contribution >= 4 is 5.96 Å². The van der Waals surface area contributed by atoms with Crippen LogP contribution >= 0.6 is 0 Å². The van der Waals surface area contributed by atoms with Gasteiger partial charge in [0.1, 0.15) is 0 Å². The highest BCUT2D eigenvalue weighted by Gasteiger charge is 2.35. The maximum Gasteiger partial charge on any atom is 0.191 e. The Hall–Kier alpha value is -0.850. The molecule has 3 N–H and O–H groups in total. The van der Waals surface area contributed by atoms with Crippen LogP contribution in [0.5, 0.6) is 0 Å². The number of nitrogens with zero attached hydrogens (tertiary/aromatic N) is 1. The highest BCUT2D eigenvalue weighted by molar-refractivity contribution is 5.79. The number of hydrogen-bond donors (Lipinski definition) is 3. The molecule has 0 bridgehead atoms. The number of guanidine groups is 1. The Morgan fingerprint density at radius 2 is 2.20 bits per heavy atom. The van der Waals surface area contributed by atoms with Gasteiger partial charge < -0.3 is 25.2 Å². The molecule has 0 spiro atoms. The first kappa shape index (κ1) is 20.5. The molecular formula is C19H37N3O3. The zero-order valence-electron chi connectivity index (χ0n) is 16.1. The zero-order chi connectivity index (χ0) is 18.0. The normalized spacial score (nSPS) is 30.4. The quantitative estimate of drug-likeness (QED) is 0.335. The fraction of sp³-hybridized carbons (Fsp3) is 0.947. The molecule has 1 saturated heterocycles. The number of nitrogens with one attached hydrogen (secondary N) is 2. The van der Waals surface area contributed by atoms with Gasteiger partial charge in [-0.25, -0.2) is 0 Å². The summed E-state index contributed by atoms with van der Waals surface area (Å²) in [5.74, 6) is 1.42. The highest BCUT2D eigenvalue weighted by Crippen LogP contribution is 2.36. The molecule has 2 rings (SSSR count). The van der Waals surface area contributed by atoms with E-state index in [1.807, 2.05) is 0 Å². The number of rotatable bonds is 9. The van der Waals surface area contributed by atoms with Crippen LogP contribution in [0.25, 0.3) is 0 Å². The minimum atomic E-state index is -0.235. The van der Waals surface area contributed by atoms with Gasteiger partial charge in [0.25, 0.3) is 0 Å². The third-order valence-electron chi connectivity index (χ3n) is 5.36. The van der Waals surface area contributed by atoms with Crippen molar-refractivity contribution in [3.05, 3.63) is 0 Å². The van der Waals surface area contributed by atoms with Crippen molar-refractivity contribution in [2.24, 2.45) is 16.3 Å². The van der Waals surface area contributed by atoms with Gasteiger partial charge in [-0.1, -0.05) is 19.8 Å². The van der Waals surface area contributed by atoms with E-state index >= 15 is 0 Å². The summed E-state index contributed by atoms with van der Waals surface area (Å²) in [6, 6.07) is 0. The Kier molecular flexibility index (Phi) is 8.99. The summed E-state index contributed by atoms with van der Waals surface area (Å²) in [7, 11) is 0. The second kappa shape index (κ2) is 11.0. The SMILES string of the molecule is CCNC(=NCC1(C)CCCCC1O)NCCCOCC1CCOC1. The summed E-state index contributed by atoms with van der Waals surface area (Å²) >= 11 is 0. The van der Waals surface area contributed by atoms with E-state index in [1.165, 1.54) is 6.42 Å². The largest absolute Gasteiger partial charge is 0.392 e. The molecule has 1 aliphatic carbocycles. The summed E-state index contributed by atoms with van der Waals surface area (Å²) in [4.78, 5) is 4.72. The Morgan fingerprint density at radius 3 is 2.92 bits per heavy atom. The van der Waals surface area contributed by atoms with Crippen LogP contribution in [-0.4, -0.2) is 63.2 Å². The second-order valence-corrected chi connectivity index (χ2v) is 7.70. The van der Waals surface area contributed by atoms with E-state index < -0.39 is 0 Å². The van der Waals surface area contributed by atoms with E-state index in [2.05, 4.69) is 24.5 Å². The molecule has 146 valence electrons. The van der Waals surface area contributed by atoms with Gasteiger partial charge in [-0.15, -0.1) is 0 Å². The number of ether oxygens (including phenoxy) is 2. The molecule has 0 aromatic carbocycles. The average molecular weight is 356 g/mol. The highest BCUT2D eigenvalue weighted by atomic mass is 16.5. The lowest BCUT2D eigenvalue weighted by molar-refractivity contribution is 0.00716. The zero-order valence-corrected chi connectivity index (χ0v) is 16.1. The maximum absolute atomic E-state index is 10.3. The first-order valence-corrected chi connectivity index (χ1v) is 10.00. The molecule has 2 fully saturated rings. The van der Waals surface area contributed by atoms with Crippen LogP contribution in [0.4, 0.5) is 0 Å². The average Bonchev–Trinajstić information content (AvgIpc) is 3.12. The third-order valence-corrected chi connectivity index (χ3v) is 5.36. The maximum atomic E-state index is 10.3. The van der Waals surface area contributed by atoms with Crippen LogP contribution in [0.15, 0.2) is 4.99 Å². The van der Waals surface area contributed by atoms with Gasteiger partial charge in [0, 0.05) is 37.6 Å². The first-order chi connectivity index (χ1) is 12.1. The Morgan fingerprint density at radius 1 is 1.32 bits per heavy atom. The standard InChI is InChI=1S/C19H37N3O3/c1-3-20-18(22-15-19(2)9-5-4-7-17(19)23)21-10-6-11-24-13-16-8-12-25-14-16/h16-17,23H,3-15H2,1-2H3,(H2,20,21,22). The predicted octanol–water partition coefficient (Wildman–Crippen LogP) is 1.93. The lowest BCUT2D eigenvalue weighted by atomic mass is 9.73. The van der Waals surface area contributed by atoms with Gasteiger partial charge >= 0.3 is 0 Å². The number of hydrogen-bond acceptors (Lipinski definition) is 4. The second-order valence-electron chi connectivity index (χ2n) is 7.70. The molecule has 0 radical (unpaired) electrons. The van der Waals surface area contributed by atoms with Gasteiger partial charge in [-0.05, 0) is 32.6 Å². The van der Waals surface area contributed by atoms with Crippen molar-refractivity contribution in [2.45, 2.75) is 58.5 Å². The van der Waals surface area contributed by atoms with Gasteiger partial charge in [-0.2, -0.15) is 0 Å². The molecule has 3 unspecified atom stereocenters. The van der Waals surface area contributed by atoms with Crippen LogP contribution in [-0.2, 0) is 9.47 Å². The van der Waals surface area contributed by atoms with Crippen LogP contribution in [0, 0.1) is 11.3 Å². The van der Waals surface area contributed by atoms with E-state index in [0.29, 0.717) is 12.5 Å². The summed E-state index contributed by atoms with van der Waals surface area (Å²) in [5, 5.41) is 17.0. The summed E-state index contributed by atoms with van der Waals surface area (Å²) in [5.41, 5.74) is -0.0902. The van der Waals surface area contributed by atoms with E-state index in [0.717, 1.165) is 77.6 Å². The van der Waals surface area contributed by atoms with Gasteiger partial charge in [0.15, 0.2) is 5.96 Å². The molecule has 3 atom stereocenters. The topological polar surface area (TPSA) is 75.1 Å². The molecular weight excluding hydrogens is 318 g/mol. The molecule has 1 saturated carbocycles. The van der Waals surface area contributed by atoms with Crippen molar-refractivity contribution in [2.75, 3.05) is 46.1 Å². The van der Waals surface area contributed by atoms with Crippen molar-refractivity contribution < 1.29 is 14.6 Å². The molecule has 1 aliphatic heterocycles. The molecule has 1 heterocycles. The molecule has 0 amide bonds. The van der Waals surface area contributed by atoms with E-state index in [1.54, 1.807) is 0 Å². The molecule has 6 heteroatoms. The van der Waals surface area contributed by atoms with Crippen LogP contribution in [0.1, 0.15) is 52.4 Å². The lowest BCUT2D eigenvalue weighted by Crippen LogP contribution is -2.42. The summed E-state index contributed by atoms with van der Waals surface area (Å²) in [6.45, 7) is 9.87.